The first-order chi connectivity index (χ1) is 14.3. The van der Waals surface area contributed by atoms with E-state index < -0.39 is 0 Å². The van der Waals surface area contributed by atoms with E-state index in [4.69, 9.17) is 4.98 Å². The lowest BCUT2D eigenvalue weighted by atomic mass is 10.1. The van der Waals surface area contributed by atoms with E-state index in [9.17, 15) is 4.79 Å². The average molecular weight is 422 g/mol. The van der Waals surface area contributed by atoms with Crippen LogP contribution in [0.1, 0.15) is 39.1 Å². The zero-order valence-electron chi connectivity index (χ0n) is 18.8. The van der Waals surface area contributed by atoms with Gasteiger partial charge >= 0.3 is 0 Å². The highest BCUT2D eigenvalue weighted by Gasteiger charge is 2.14. The van der Waals surface area contributed by atoms with Crippen LogP contribution < -0.4 is 5.32 Å². The maximum absolute atomic E-state index is 12.6. The minimum absolute atomic E-state index is 0.00351. The van der Waals surface area contributed by atoms with Crippen molar-refractivity contribution in [3.63, 3.8) is 0 Å². The maximum atomic E-state index is 12.6. The van der Waals surface area contributed by atoms with E-state index in [2.05, 4.69) is 62.5 Å². The van der Waals surface area contributed by atoms with Crippen LogP contribution in [0, 0.1) is 27.7 Å². The summed E-state index contributed by atoms with van der Waals surface area (Å²) in [4.78, 5) is 20.7. The van der Waals surface area contributed by atoms with E-state index in [1.165, 1.54) is 16.0 Å². The summed E-state index contributed by atoms with van der Waals surface area (Å²) in [5.74, 6) is -0.00351. The summed E-state index contributed by atoms with van der Waals surface area (Å²) >= 11 is 1.70. The molecule has 3 rings (SSSR count). The number of rotatable bonds is 7. The minimum atomic E-state index is -0.00351. The normalized spacial score (nSPS) is 11.2. The van der Waals surface area contributed by atoms with Crippen LogP contribution in [0.3, 0.4) is 0 Å². The summed E-state index contributed by atoms with van der Waals surface area (Å²) in [6.45, 7) is 11.4. The third-order valence-electron chi connectivity index (χ3n) is 5.24. The number of anilines is 1. The molecule has 2 aromatic carbocycles. The summed E-state index contributed by atoms with van der Waals surface area (Å²) in [7, 11) is 1.96. The molecule has 3 aromatic rings. The molecule has 158 valence electrons. The van der Waals surface area contributed by atoms with Gasteiger partial charge in [-0.3, -0.25) is 9.69 Å². The van der Waals surface area contributed by atoms with Crippen LogP contribution in [0.15, 0.2) is 36.4 Å². The van der Waals surface area contributed by atoms with E-state index in [1.54, 1.807) is 11.3 Å². The molecule has 0 saturated carbocycles. The van der Waals surface area contributed by atoms with Crippen molar-refractivity contribution >= 4 is 22.9 Å². The summed E-state index contributed by atoms with van der Waals surface area (Å²) in [6.07, 6.45) is 1.04. The van der Waals surface area contributed by atoms with Gasteiger partial charge in [0.2, 0.25) is 5.91 Å². The lowest BCUT2D eigenvalue weighted by Crippen LogP contribution is -2.30. The monoisotopic (exact) mass is 421 g/mol. The van der Waals surface area contributed by atoms with Crippen molar-refractivity contribution in [2.45, 2.75) is 47.6 Å². The zero-order valence-corrected chi connectivity index (χ0v) is 19.6. The largest absolute Gasteiger partial charge is 0.324 e. The Kier molecular flexibility index (Phi) is 7.06. The van der Waals surface area contributed by atoms with Crippen molar-refractivity contribution in [2.24, 2.45) is 0 Å². The van der Waals surface area contributed by atoms with E-state index in [-0.39, 0.29) is 5.91 Å². The second-order valence-electron chi connectivity index (χ2n) is 8.06. The number of carbonyl (C=O) groups excluding carboxylic acids is 1. The minimum Gasteiger partial charge on any atom is -0.324 e. The molecule has 0 atom stereocenters. The number of aryl methyl sites for hydroxylation is 5. The number of amides is 1. The Morgan fingerprint density at radius 3 is 2.30 bits per heavy atom. The van der Waals surface area contributed by atoms with Crippen molar-refractivity contribution in [1.82, 2.24) is 9.88 Å². The summed E-state index contributed by atoms with van der Waals surface area (Å²) in [6, 6.07) is 12.8. The highest BCUT2D eigenvalue weighted by Crippen LogP contribution is 2.28. The average Bonchev–Trinajstić information content (AvgIpc) is 3.04. The molecule has 0 aliphatic rings. The Morgan fingerprint density at radius 2 is 1.70 bits per heavy atom. The number of nitrogens with zero attached hydrogens (tertiary/aromatic N) is 2. The molecule has 0 aliphatic carbocycles. The molecule has 1 heterocycles. The van der Waals surface area contributed by atoms with Crippen LogP contribution in [0.5, 0.6) is 0 Å². The van der Waals surface area contributed by atoms with Gasteiger partial charge in [-0.05, 0) is 57.9 Å². The lowest BCUT2D eigenvalue weighted by molar-refractivity contribution is -0.117. The van der Waals surface area contributed by atoms with Gasteiger partial charge in [-0.2, -0.15) is 0 Å². The lowest BCUT2D eigenvalue weighted by Gasteiger charge is -2.17. The molecule has 30 heavy (non-hydrogen) atoms. The number of hydrogen-bond acceptors (Lipinski definition) is 4. The number of likely N-dealkylation sites (N-methyl/N-ethyl adjacent to an activating group) is 1. The van der Waals surface area contributed by atoms with Crippen molar-refractivity contribution in [3.05, 3.63) is 68.5 Å². The summed E-state index contributed by atoms with van der Waals surface area (Å²) in [5, 5.41) is 4.11. The second kappa shape index (κ2) is 9.54. The molecular weight excluding hydrogens is 390 g/mol. The Hall–Kier alpha value is -2.50. The number of hydrogen-bond donors (Lipinski definition) is 1. The van der Waals surface area contributed by atoms with Gasteiger partial charge in [0, 0.05) is 16.1 Å². The van der Waals surface area contributed by atoms with E-state index >= 15 is 0 Å². The van der Waals surface area contributed by atoms with Gasteiger partial charge in [0.15, 0.2) is 0 Å². The molecular formula is C25H31N3OS. The molecule has 1 N–H and O–H groups in total. The highest BCUT2D eigenvalue weighted by molar-refractivity contribution is 7.12. The number of thiazole rings is 1. The van der Waals surface area contributed by atoms with E-state index in [1.807, 2.05) is 25.8 Å². The molecule has 0 radical (unpaired) electrons. The zero-order chi connectivity index (χ0) is 21.8. The molecule has 0 unspecified atom stereocenters. The molecule has 0 spiro atoms. The van der Waals surface area contributed by atoms with Crippen LogP contribution in [0.4, 0.5) is 5.69 Å². The van der Waals surface area contributed by atoms with Crippen molar-refractivity contribution < 1.29 is 4.79 Å². The number of aromatic nitrogens is 1. The van der Waals surface area contributed by atoms with E-state index in [0.717, 1.165) is 39.5 Å². The first kappa shape index (κ1) is 22.2. The predicted octanol–water partition coefficient (Wildman–Crippen LogP) is 5.68. The molecule has 5 heteroatoms. The quantitative estimate of drug-likeness (QED) is 0.534. The van der Waals surface area contributed by atoms with Gasteiger partial charge < -0.3 is 5.32 Å². The van der Waals surface area contributed by atoms with Gasteiger partial charge in [0.25, 0.3) is 0 Å². The number of carbonyl (C=O) groups is 1. The fraction of sp³-hybridized carbons (Fsp3) is 0.360. The van der Waals surface area contributed by atoms with Crippen LogP contribution in [-0.4, -0.2) is 29.4 Å². The molecule has 0 bridgehead atoms. The fourth-order valence-electron chi connectivity index (χ4n) is 3.77. The van der Waals surface area contributed by atoms with E-state index in [0.29, 0.717) is 13.1 Å². The van der Waals surface area contributed by atoms with Crippen molar-refractivity contribution in [3.8, 4) is 11.3 Å². The Labute approximate surface area is 184 Å². The van der Waals surface area contributed by atoms with Gasteiger partial charge in [-0.15, -0.1) is 11.3 Å². The number of nitrogens with one attached hydrogen (secondary N) is 1. The summed E-state index contributed by atoms with van der Waals surface area (Å²) < 4.78 is 0. The molecule has 0 fully saturated rings. The third kappa shape index (κ3) is 5.35. The van der Waals surface area contributed by atoms with Gasteiger partial charge in [0.1, 0.15) is 5.01 Å². The van der Waals surface area contributed by atoms with Crippen molar-refractivity contribution in [2.75, 3.05) is 18.9 Å². The molecule has 1 amide bonds. The van der Waals surface area contributed by atoms with Gasteiger partial charge in [-0.25, -0.2) is 4.98 Å². The van der Waals surface area contributed by atoms with Crippen LogP contribution in [0.25, 0.3) is 11.3 Å². The van der Waals surface area contributed by atoms with Crippen molar-refractivity contribution in [1.29, 1.82) is 0 Å². The van der Waals surface area contributed by atoms with Crippen LogP contribution in [-0.2, 0) is 17.8 Å². The Morgan fingerprint density at radius 1 is 1.07 bits per heavy atom. The van der Waals surface area contributed by atoms with Crippen LogP contribution in [0.2, 0.25) is 0 Å². The first-order valence-electron chi connectivity index (χ1n) is 10.4. The smallest absolute Gasteiger partial charge is 0.238 e. The van der Waals surface area contributed by atoms with Gasteiger partial charge in [0.05, 0.1) is 18.8 Å². The molecule has 0 aliphatic heterocycles. The van der Waals surface area contributed by atoms with Gasteiger partial charge in [-0.1, -0.05) is 48.9 Å². The topological polar surface area (TPSA) is 45.2 Å². The molecule has 1 aromatic heterocycles. The second-order valence-corrected chi connectivity index (χ2v) is 9.34. The molecule has 4 nitrogen and oxygen atoms in total. The number of benzene rings is 2. The highest BCUT2D eigenvalue weighted by atomic mass is 32.1. The molecule has 0 saturated heterocycles. The Balaban J connectivity index is 1.63. The maximum Gasteiger partial charge on any atom is 0.238 e. The predicted molar refractivity (Wildman–Crippen MR) is 127 cm³/mol. The summed E-state index contributed by atoms with van der Waals surface area (Å²) in [5.41, 5.74) is 7.84. The fourth-order valence-corrected chi connectivity index (χ4v) is 4.81. The first-order valence-corrected chi connectivity index (χ1v) is 11.2. The Bertz CT molecular complexity index is 1010. The van der Waals surface area contributed by atoms with Crippen LogP contribution >= 0.6 is 11.3 Å². The standard InChI is InChI=1S/C25H31N3OS/c1-7-20-8-10-21(11-9-20)25-19(5)30-23(27-25)15-28(6)14-22(29)26-24-17(3)12-16(2)13-18(24)4/h8-13H,7,14-15H2,1-6H3,(H,26,29). The third-order valence-corrected chi connectivity index (χ3v) is 6.19. The SMILES string of the molecule is CCc1ccc(-c2nc(CN(C)CC(=O)Nc3c(C)cc(C)cc3C)sc2C)cc1.